The average molecular weight is 358 g/mol. The number of furan rings is 1. The molecular weight excluding hydrogens is 336 g/mol. The van der Waals surface area contributed by atoms with Crippen molar-refractivity contribution in [2.24, 2.45) is 0 Å². The van der Waals surface area contributed by atoms with Crippen LogP contribution in [0.25, 0.3) is 6.08 Å². The molecule has 1 N–H and O–H groups in total. The number of nitrogens with one attached hydrogen (secondary N) is 1. The summed E-state index contributed by atoms with van der Waals surface area (Å²) in [6.45, 7) is 2.09. The topological polar surface area (TPSA) is 45.5 Å². The highest BCUT2D eigenvalue weighted by atomic mass is 16.3. The van der Waals surface area contributed by atoms with E-state index in [1.54, 1.807) is 18.4 Å². The van der Waals surface area contributed by atoms with E-state index in [4.69, 9.17) is 4.42 Å². The van der Waals surface area contributed by atoms with Crippen LogP contribution in [0.15, 0.2) is 83.5 Å². The molecule has 0 unspecified atom stereocenters. The summed E-state index contributed by atoms with van der Waals surface area (Å²) in [6.07, 6.45) is 5.73. The first-order chi connectivity index (χ1) is 13.2. The van der Waals surface area contributed by atoms with Crippen molar-refractivity contribution in [2.45, 2.75) is 25.4 Å². The Labute approximate surface area is 159 Å². The summed E-state index contributed by atoms with van der Waals surface area (Å²) in [5.74, 6) is 0.634. The second kappa shape index (κ2) is 7.54. The Hall–Kier alpha value is -3.27. The number of anilines is 2. The normalized spacial score (nSPS) is 19.1. The predicted octanol–water partition coefficient (Wildman–Crippen LogP) is 5.27. The molecule has 0 saturated heterocycles. The smallest absolute Gasteiger partial charge is 0.251 e. The van der Waals surface area contributed by atoms with Crippen molar-refractivity contribution in [1.29, 1.82) is 0 Å². The maximum atomic E-state index is 12.9. The number of fused-ring (bicyclic) bond motifs is 1. The molecule has 0 aliphatic carbocycles. The minimum atomic E-state index is -0.0375. The summed E-state index contributed by atoms with van der Waals surface area (Å²) in [5.41, 5.74) is 3.18. The number of carbonyl (C=O) groups excluding carboxylic acids is 1. The zero-order chi connectivity index (χ0) is 18.6. The fourth-order valence-electron chi connectivity index (χ4n) is 3.64. The highest BCUT2D eigenvalue weighted by molar-refractivity contribution is 6.05. The lowest BCUT2D eigenvalue weighted by atomic mass is 9.91. The third-order valence-corrected chi connectivity index (χ3v) is 4.87. The Kier molecular flexibility index (Phi) is 4.79. The summed E-state index contributed by atoms with van der Waals surface area (Å²) in [5, 5.41) is 3.61. The van der Waals surface area contributed by atoms with Gasteiger partial charge in [-0.2, -0.15) is 0 Å². The number of amides is 1. The van der Waals surface area contributed by atoms with Gasteiger partial charge in [0.25, 0.3) is 5.91 Å². The summed E-state index contributed by atoms with van der Waals surface area (Å²) in [4.78, 5) is 14.8. The van der Waals surface area contributed by atoms with Gasteiger partial charge in [-0.3, -0.25) is 4.79 Å². The number of nitrogens with zero attached hydrogens (tertiary/aromatic N) is 1. The Morgan fingerprint density at radius 2 is 1.85 bits per heavy atom. The van der Waals surface area contributed by atoms with Crippen molar-refractivity contribution < 1.29 is 9.21 Å². The second-order valence-corrected chi connectivity index (χ2v) is 6.76. The largest absolute Gasteiger partial charge is 0.465 e. The van der Waals surface area contributed by atoms with Gasteiger partial charge in [0, 0.05) is 23.5 Å². The molecule has 4 heteroatoms. The minimum Gasteiger partial charge on any atom is -0.465 e. The Morgan fingerprint density at radius 3 is 2.63 bits per heavy atom. The molecule has 0 radical (unpaired) electrons. The van der Waals surface area contributed by atoms with Crippen LogP contribution in [0.3, 0.4) is 0 Å². The van der Waals surface area contributed by atoms with E-state index < -0.39 is 0 Å². The molecular formula is C23H22N2O2. The molecule has 1 aliphatic heterocycles. The molecule has 1 aliphatic rings. The molecule has 0 fully saturated rings. The van der Waals surface area contributed by atoms with E-state index in [-0.39, 0.29) is 18.0 Å². The average Bonchev–Trinajstić information content (AvgIpc) is 3.21. The standard InChI is InChI=1S/C23H22N2O2/c1-17-16-21(24-18-8-3-2-4-9-18)20-11-5-6-12-22(20)25(17)23(26)14-13-19-10-7-15-27-19/h2-15,17,21,24H,16H2,1H3/b14-13+/t17-,21+/m1/s1. The van der Waals surface area contributed by atoms with Crippen molar-refractivity contribution in [3.63, 3.8) is 0 Å². The molecule has 27 heavy (non-hydrogen) atoms. The highest BCUT2D eigenvalue weighted by Gasteiger charge is 2.32. The van der Waals surface area contributed by atoms with Gasteiger partial charge in [0.1, 0.15) is 5.76 Å². The molecule has 136 valence electrons. The molecule has 4 nitrogen and oxygen atoms in total. The van der Waals surface area contributed by atoms with Crippen LogP contribution in [0.2, 0.25) is 0 Å². The Bertz CT molecular complexity index is 932. The number of rotatable bonds is 4. The van der Waals surface area contributed by atoms with E-state index in [1.165, 1.54) is 0 Å². The van der Waals surface area contributed by atoms with Gasteiger partial charge in [-0.1, -0.05) is 36.4 Å². The van der Waals surface area contributed by atoms with Crippen LogP contribution in [0, 0.1) is 0 Å². The van der Waals surface area contributed by atoms with Crippen LogP contribution >= 0.6 is 0 Å². The lowest BCUT2D eigenvalue weighted by molar-refractivity contribution is -0.114. The van der Waals surface area contributed by atoms with Crippen LogP contribution in [0.1, 0.15) is 30.7 Å². The summed E-state index contributed by atoms with van der Waals surface area (Å²) in [7, 11) is 0. The molecule has 1 amide bonds. The lowest BCUT2D eigenvalue weighted by Crippen LogP contribution is -2.43. The maximum absolute atomic E-state index is 12.9. The van der Waals surface area contributed by atoms with Gasteiger partial charge in [0.05, 0.1) is 12.3 Å². The van der Waals surface area contributed by atoms with E-state index in [9.17, 15) is 4.79 Å². The van der Waals surface area contributed by atoms with Gasteiger partial charge < -0.3 is 14.6 Å². The van der Waals surface area contributed by atoms with Crippen molar-refractivity contribution in [2.75, 3.05) is 10.2 Å². The second-order valence-electron chi connectivity index (χ2n) is 6.76. The summed E-state index contributed by atoms with van der Waals surface area (Å²) in [6, 6.07) is 22.2. The van der Waals surface area contributed by atoms with E-state index >= 15 is 0 Å². The molecule has 1 aromatic heterocycles. The fourth-order valence-corrected chi connectivity index (χ4v) is 3.64. The Morgan fingerprint density at radius 1 is 1.07 bits per heavy atom. The SMILES string of the molecule is C[C@@H]1C[C@H](Nc2ccccc2)c2ccccc2N1C(=O)/C=C/c1ccco1. The third kappa shape index (κ3) is 3.65. The number of benzene rings is 2. The quantitative estimate of drug-likeness (QED) is 0.646. The minimum absolute atomic E-state index is 0.0375. The van der Waals surface area contributed by atoms with Crippen molar-refractivity contribution in [3.8, 4) is 0 Å². The van der Waals surface area contributed by atoms with Crippen LogP contribution < -0.4 is 10.2 Å². The van der Waals surface area contributed by atoms with Crippen molar-refractivity contribution in [1.82, 2.24) is 0 Å². The summed E-state index contributed by atoms with van der Waals surface area (Å²) >= 11 is 0. The van der Waals surface area contributed by atoms with Gasteiger partial charge >= 0.3 is 0 Å². The summed E-state index contributed by atoms with van der Waals surface area (Å²) < 4.78 is 5.28. The van der Waals surface area contributed by atoms with E-state index in [0.29, 0.717) is 5.76 Å². The number of hydrogen-bond acceptors (Lipinski definition) is 3. The van der Waals surface area contributed by atoms with E-state index in [2.05, 4.69) is 30.4 Å². The lowest BCUT2D eigenvalue weighted by Gasteiger charge is -2.39. The molecule has 0 saturated carbocycles. The molecule has 4 rings (SSSR count). The fraction of sp³-hybridized carbons (Fsp3) is 0.174. The van der Waals surface area contributed by atoms with E-state index in [0.717, 1.165) is 23.4 Å². The van der Waals surface area contributed by atoms with Crippen LogP contribution in [-0.2, 0) is 4.79 Å². The van der Waals surface area contributed by atoms with Gasteiger partial charge in [0.15, 0.2) is 0 Å². The first-order valence-corrected chi connectivity index (χ1v) is 9.17. The molecule has 0 spiro atoms. The van der Waals surface area contributed by atoms with Crippen LogP contribution in [0.5, 0.6) is 0 Å². The number of hydrogen-bond donors (Lipinski definition) is 1. The van der Waals surface area contributed by atoms with Gasteiger partial charge in [-0.25, -0.2) is 0 Å². The molecule has 0 bridgehead atoms. The van der Waals surface area contributed by atoms with Gasteiger partial charge in [-0.15, -0.1) is 0 Å². The van der Waals surface area contributed by atoms with Gasteiger partial charge in [0.2, 0.25) is 0 Å². The third-order valence-electron chi connectivity index (χ3n) is 4.87. The molecule has 2 aromatic carbocycles. The molecule has 2 heterocycles. The number of carbonyl (C=O) groups is 1. The maximum Gasteiger partial charge on any atom is 0.251 e. The first kappa shape index (κ1) is 17.2. The first-order valence-electron chi connectivity index (χ1n) is 9.17. The monoisotopic (exact) mass is 358 g/mol. The van der Waals surface area contributed by atoms with Crippen molar-refractivity contribution >= 4 is 23.4 Å². The Balaban J connectivity index is 1.61. The van der Waals surface area contributed by atoms with Gasteiger partial charge in [-0.05, 0) is 55.3 Å². The zero-order valence-electron chi connectivity index (χ0n) is 15.2. The van der Waals surface area contributed by atoms with Crippen LogP contribution in [-0.4, -0.2) is 11.9 Å². The molecule has 2 atom stereocenters. The predicted molar refractivity (Wildman–Crippen MR) is 109 cm³/mol. The number of para-hydroxylation sites is 2. The molecule has 3 aromatic rings. The van der Waals surface area contributed by atoms with Crippen LogP contribution in [0.4, 0.5) is 11.4 Å². The van der Waals surface area contributed by atoms with Crippen molar-refractivity contribution in [3.05, 3.63) is 90.4 Å². The zero-order valence-corrected chi connectivity index (χ0v) is 15.2. The van der Waals surface area contributed by atoms with E-state index in [1.807, 2.05) is 53.4 Å². The highest BCUT2D eigenvalue weighted by Crippen LogP contribution is 2.39.